The molecule has 1 amide bonds. The standard InChI is InChI=1S/C30H30F2N4O4/c31-19-10-18(11-20(32)13-19)26-14-35-27-5-4-17(12-25(27)28(26)36-8-6-21(33)7-9-36)23-2-1-3-24(30(34)39)29(23)40-22(15-37)16-38/h1-5,10-14,21-22,37-38H,6-9,15-16,33H2,(H2,34,39). The molecule has 2 heterocycles. The van der Waals surface area contributed by atoms with E-state index in [9.17, 15) is 23.8 Å². The van der Waals surface area contributed by atoms with Gasteiger partial charge in [-0.25, -0.2) is 8.78 Å². The predicted molar refractivity (Wildman–Crippen MR) is 149 cm³/mol. The molecule has 4 aromatic rings. The van der Waals surface area contributed by atoms with Crippen LogP contribution in [0, 0.1) is 11.6 Å². The minimum Gasteiger partial charge on any atom is -0.484 e. The summed E-state index contributed by atoms with van der Waals surface area (Å²) in [6.45, 7) is 0.351. The summed E-state index contributed by atoms with van der Waals surface area (Å²) in [5, 5.41) is 20.0. The zero-order chi connectivity index (χ0) is 28.4. The summed E-state index contributed by atoms with van der Waals surface area (Å²) in [5.41, 5.74) is 15.4. The van der Waals surface area contributed by atoms with Crippen molar-refractivity contribution in [2.75, 3.05) is 31.2 Å². The number of aliphatic hydroxyl groups excluding tert-OH is 2. The Balaban J connectivity index is 1.74. The SMILES string of the molecule is NC(=O)c1cccc(-c2ccc3ncc(-c4cc(F)cc(F)c4)c(N4CCC(N)CC4)c3c2)c1OC(CO)CO. The Labute approximate surface area is 229 Å². The van der Waals surface area contributed by atoms with Gasteiger partial charge in [0, 0.05) is 47.9 Å². The van der Waals surface area contributed by atoms with Gasteiger partial charge in [0.05, 0.1) is 30.0 Å². The molecule has 1 aliphatic rings. The maximum atomic E-state index is 14.3. The number of halogens is 2. The van der Waals surface area contributed by atoms with Crippen LogP contribution in [0.4, 0.5) is 14.5 Å². The number of piperidine rings is 1. The number of rotatable bonds is 8. The molecule has 5 rings (SSSR count). The monoisotopic (exact) mass is 548 g/mol. The minimum atomic E-state index is -0.969. The Morgan fingerprint density at radius 1 is 1.00 bits per heavy atom. The number of pyridine rings is 1. The van der Waals surface area contributed by atoms with Crippen molar-refractivity contribution in [3.05, 3.63) is 78.0 Å². The van der Waals surface area contributed by atoms with Crippen molar-refractivity contribution in [1.29, 1.82) is 0 Å². The van der Waals surface area contributed by atoms with Crippen LogP contribution in [0.15, 0.2) is 60.8 Å². The molecular weight excluding hydrogens is 518 g/mol. The lowest BCUT2D eigenvalue weighted by atomic mass is 9.95. The van der Waals surface area contributed by atoms with Crippen molar-refractivity contribution in [2.24, 2.45) is 11.5 Å². The van der Waals surface area contributed by atoms with E-state index in [0.29, 0.717) is 40.9 Å². The fourth-order valence-corrected chi connectivity index (χ4v) is 5.11. The third kappa shape index (κ3) is 5.46. The van der Waals surface area contributed by atoms with Crippen LogP contribution in [0.5, 0.6) is 5.75 Å². The Morgan fingerprint density at radius 3 is 2.35 bits per heavy atom. The fourth-order valence-electron chi connectivity index (χ4n) is 5.11. The number of hydrogen-bond acceptors (Lipinski definition) is 7. The largest absolute Gasteiger partial charge is 0.484 e. The van der Waals surface area contributed by atoms with E-state index in [1.54, 1.807) is 18.3 Å². The normalized spacial score (nSPS) is 14.2. The molecule has 8 nitrogen and oxygen atoms in total. The summed E-state index contributed by atoms with van der Waals surface area (Å²) >= 11 is 0. The molecule has 1 aromatic heterocycles. The predicted octanol–water partition coefficient (Wildman–Crippen LogP) is 3.61. The summed E-state index contributed by atoms with van der Waals surface area (Å²) in [6, 6.07) is 13.9. The van der Waals surface area contributed by atoms with Gasteiger partial charge in [0.2, 0.25) is 0 Å². The van der Waals surface area contributed by atoms with Crippen molar-refractivity contribution in [3.63, 3.8) is 0 Å². The van der Waals surface area contributed by atoms with Gasteiger partial charge in [-0.1, -0.05) is 18.2 Å². The molecular formula is C30H30F2N4O4. The highest BCUT2D eigenvalue weighted by Gasteiger charge is 2.24. The van der Waals surface area contributed by atoms with E-state index in [-0.39, 0.29) is 17.4 Å². The minimum absolute atomic E-state index is 0.0669. The molecule has 6 N–H and O–H groups in total. The van der Waals surface area contributed by atoms with Crippen molar-refractivity contribution in [3.8, 4) is 28.0 Å². The topological polar surface area (TPSA) is 135 Å². The first-order valence-electron chi connectivity index (χ1n) is 13.0. The smallest absolute Gasteiger partial charge is 0.252 e. The Morgan fingerprint density at radius 2 is 1.70 bits per heavy atom. The number of primary amides is 1. The van der Waals surface area contributed by atoms with Crippen LogP contribution < -0.4 is 21.1 Å². The fraction of sp³-hybridized carbons (Fsp3) is 0.267. The van der Waals surface area contributed by atoms with Gasteiger partial charge in [-0.15, -0.1) is 0 Å². The van der Waals surface area contributed by atoms with Crippen LogP contribution in [0.3, 0.4) is 0 Å². The summed E-state index contributed by atoms with van der Waals surface area (Å²) in [5.74, 6) is -1.98. The van der Waals surface area contributed by atoms with Gasteiger partial charge in [0.25, 0.3) is 5.91 Å². The third-order valence-corrected chi connectivity index (χ3v) is 7.15. The van der Waals surface area contributed by atoms with E-state index in [0.717, 1.165) is 30.0 Å². The number of para-hydroxylation sites is 1. The third-order valence-electron chi connectivity index (χ3n) is 7.15. The highest BCUT2D eigenvalue weighted by molar-refractivity contribution is 6.03. The van der Waals surface area contributed by atoms with E-state index in [1.807, 2.05) is 18.2 Å². The lowest BCUT2D eigenvalue weighted by molar-refractivity contribution is 0.0621. The number of hydrogen-bond donors (Lipinski definition) is 4. The van der Waals surface area contributed by atoms with Crippen molar-refractivity contribution in [2.45, 2.75) is 25.0 Å². The summed E-state index contributed by atoms with van der Waals surface area (Å²) < 4.78 is 34.4. The molecule has 0 unspecified atom stereocenters. The van der Waals surface area contributed by atoms with Crippen molar-refractivity contribution >= 4 is 22.5 Å². The second kappa shape index (κ2) is 11.5. The van der Waals surface area contributed by atoms with Gasteiger partial charge in [-0.3, -0.25) is 9.78 Å². The molecule has 0 atom stereocenters. The Bertz CT molecular complexity index is 1530. The molecule has 3 aromatic carbocycles. The zero-order valence-corrected chi connectivity index (χ0v) is 21.7. The zero-order valence-electron chi connectivity index (χ0n) is 21.7. The average molecular weight is 549 g/mol. The number of fused-ring (bicyclic) bond motifs is 1. The van der Waals surface area contributed by atoms with Crippen molar-refractivity contribution < 1.29 is 28.5 Å². The average Bonchev–Trinajstić information content (AvgIpc) is 2.94. The number of nitrogens with zero attached hydrogens (tertiary/aromatic N) is 2. The van der Waals surface area contributed by atoms with E-state index in [4.69, 9.17) is 16.2 Å². The summed E-state index contributed by atoms with van der Waals surface area (Å²) in [4.78, 5) is 19.0. The Hall–Kier alpha value is -4.12. The van der Waals surface area contributed by atoms with Crippen LogP contribution in [-0.2, 0) is 0 Å². The van der Waals surface area contributed by atoms with Crippen LogP contribution in [0.25, 0.3) is 33.2 Å². The van der Waals surface area contributed by atoms with Gasteiger partial charge in [0.15, 0.2) is 0 Å². The number of carbonyl (C=O) groups is 1. The number of aromatic nitrogens is 1. The van der Waals surface area contributed by atoms with Crippen LogP contribution in [0.1, 0.15) is 23.2 Å². The van der Waals surface area contributed by atoms with E-state index in [2.05, 4.69) is 9.88 Å². The second-order valence-electron chi connectivity index (χ2n) is 9.89. The number of amides is 1. The second-order valence-corrected chi connectivity index (χ2v) is 9.89. The number of carbonyl (C=O) groups excluding carboxylic acids is 1. The van der Waals surface area contributed by atoms with Gasteiger partial charge < -0.3 is 31.3 Å². The molecule has 0 radical (unpaired) electrons. The molecule has 10 heteroatoms. The lowest BCUT2D eigenvalue weighted by Gasteiger charge is -2.34. The number of benzene rings is 3. The molecule has 0 spiro atoms. The first-order valence-corrected chi connectivity index (χ1v) is 13.0. The van der Waals surface area contributed by atoms with Crippen LogP contribution in [-0.4, -0.2) is 59.6 Å². The highest BCUT2D eigenvalue weighted by Crippen LogP contribution is 2.41. The maximum absolute atomic E-state index is 14.3. The van der Waals surface area contributed by atoms with Gasteiger partial charge in [0.1, 0.15) is 23.5 Å². The molecule has 1 saturated heterocycles. The van der Waals surface area contributed by atoms with Crippen LogP contribution >= 0.6 is 0 Å². The number of nitrogens with two attached hydrogens (primary N) is 2. The molecule has 0 saturated carbocycles. The first kappa shape index (κ1) is 27.4. The first-order chi connectivity index (χ1) is 19.3. The lowest BCUT2D eigenvalue weighted by Crippen LogP contribution is -2.40. The van der Waals surface area contributed by atoms with Gasteiger partial charge in [-0.05, 0) is 54.3 Å². The molecule has 0 aliphatic carbocycles. The number of ether oxygens (including phenoxy) is 1. The summed E-state index contributed by atoms with van der Waals surface area (Å²) in [6.07, 6.45) is 2.16. The number of aliphatic hydroxyl groups is 2. The van der Waals surface area contributed by atoms with E-state index in [1.165, 1.54) is 18.2 Å². The van der Waals surface area contributed by atoms with Gasteiger partial charge in [-0.2, -0.15) is 0 Å². The van der Waals surface area contributed by atoms with E-state index >= 15 is 0 Å². The quantitative estimate of drug-likeness (QED) is 0.264. The molecule has 1 fully saturated rings. The Kier molecular flexibility index (Phi) is 7.92. The maximum Gasteiger partial charge on any atom is 0.252 e. The van der Waals surface area contributed by atoms with Crippen LogP contribution in [0.2, 0.25) is 0 Å². The molecule has 40 heavy (non-hydrogen) atoms. The summed E-state index contributed by atoms with van der Waals surface area (Å²) in [7, 11) is 0. The molecule has 208 valence electrons. The number of anilines is 1. The highest BCUT2D eigenvalue weighted by atomic mass is 19.1. The van der Waals surface area contributed by atoms with Gasteiger partial charge >= 0.3 is 0 Å². The molecule has 0 bridgehead atoms. The van der Waals surface area contributed by atoms with Crippen molar-refractivity contribution in [1.82, 2.24) is 4.98 Å². The molecule has 1 aliphatic heterocycles. The van der Waals surface area contributed by atoms with E-state index < -0.39 is 36.9 Å².